The number of nitriles is 1. The Hall–Kier alpha value is -1.53. The van der Waals surface area contributed by atoms with Gasteiger partial charge in [-0.15, -0.1) is 0 Å². The van der Waals surface area contributed by atoms with E-state index >= 15 is 0 Å². The fraction of sp³-hybridized carbons (Fsp3) is 0.273. The Kier molecular flexibility index (Phi) is 4.14. The second-order valence-corrected chi connectivity index (χ2v) is 3.62. The number of carbonyl (C=O) groups excluding carboxylic acids is 1. The summed E-state index contributed by atoms with van der Waals surface area (Å²) in [6.07, 6.45) is 0.311. The summed E-state index contributed by atoms with van der Waals surface area (Å²) in [5, 5.41) is 11.5. The van der Waals surface area contributed by atoms with Gasteiger partial charge in [-0.05, 0) is 30.7 Å². The van der Waals surface area contributed by atoms with Crippen LogP contribution in [-0.4, -0.2) is 12.5 Å². The summed E-state index contributed by atoms with van der Waals surface area (Å²) in [5.74, 6) is -0.198. The topological polar surface area (TPSA) is 52.9 Å². The van der Waals surface area contributed by atoms with Crippen LogP contribution in [0, 0.1) is 18.3 Å². The van der Waals surface area contributed by atoms with Crippen molar-refractivity contribution in [3.05, 3.63) is 34.3 Å². The minimum Gasteiger partial charge on any atom is -0.351 e. The lowest BCUT2D eigenvalue weighted by molar-refractivity contribution is 0.0954. The third-order valence-electron chi connectivity index (χ3n) is 1.83. The molecule has 0 bridgehead atoms. The molecule has 0 aromatic heterocycles. The lowest BCUT2D eigenvalue weighted by Gasteiger charge is -2.04. The number of nitrogens with one attached hydrogen (secondary N) is 1. The Labute approximate surface area is 93.7 Å². The highest BCUT2D eigenvalue weighted by Gasteiger charge is 2.05. The molecule has 3 nitrogen and oxygen atoms in total. The minimum absolute atomic E-state index is 0.198. The van der Waals surface area contributed by atoms with E-state index in [1.165, 1.54) is 0 Å². The van der Waals surface area contributed by atoms with Gasteiger partial charge in [0, 0.05) is 17.1 Å². The first kappa shape index (κ1) is 11.5. The SMILES string of the molecule is Cc1cc(Cl)cc(C(=O)NCCC#N)c1. The van der Waals surface area contributed by atoms with Crippen LogP contribution in [0.5, 0.6) is 0 Å². The molecular formula is C11H11ClN2O. The molecule has 0 spiro atoms. The van der Waals surface area contributed by atoms with Crippen molar-refractivity contribution in [2.75, 3.05) is 6.54 Å². The third kappa shape index (κ3) is 3.61. The normalized spacial score (nSPS) is 9.40. The molecule has 1 amide bonds. The molecule has 0 aliphatic heterocycles. The molecule has 0 unspecified atom stereocenters. The molecule has 0 atom stereocenters. The Bertz CT molecular complexity index is 389. The first-order valence-corrected chi connectivity index (χ1v) is 4.93. The maximum absolute atomic E-state index is 11.5. The smallest absolute Gasteiger partial charge is 0.251 e. The minimum atomic E-state index is -0.198. The summed E-state index contributed by atoms with van der Waals surface area (Å²) in [6.45, 7) is 2.23. The average Bonchev–Trinajstić information content (AvgIpc) is 2.16. The second kappa shape index (κ2) is 5.38. The maximum atomic E-state index is 11.5. The second-order valence-electron chi connectivity index (χ2n) is 3.18. The Morgan fingerprint density at radius 2 is 2.27 bits per heavy atom. The molecule has 78 valence electrons. The lowest BCUT2D eigenvalue weighted by atomic mass is 10.1. The van der Waals surface area contributed by atoms with Crippen LogP contribution in [0.4, 0.5) is 0 Å². The van der Waals surface area contributed by atoms with Gasteiger partial charge in [0.15, 0.2) is 0 Å². The van der Waals surface area contributed by atoms with Crippen molar-refractivity contribution in [3.63, 3.8) is 0 Å². The van der Waals surface area contributed by atoms with Crippen molar-refractivity contribution in [1.82, 2.24) is 5.32 Å². The quantitative estimate of drug-likeness (QED) is 0.798. The zero-order valence-corrected chi connectivity index (χ0v) is 9.14. The van der Waals surface area contributed by atoms with Crippen molar-refractivity contribution in [2.45, 2.75) is 13.3 Å². The van der Waals surface area contributed by atoms with Gasteiger partial charge in [-0.3, -0.25) is 4.79 Å². The highest BCUT2D eigenvalue weighted by atomic mass is 35.5. The van der Waals surface area contributed by atoms with Crippen molar-refractivity contribution in [2.24, 2.45) is 0 Å². The van der Waals surface area contributed by atoms with E-state index in [0.29, 0.717) is 23.6 Å². The predicted octanol–water partition coefficient (Wildman–Crippen LogP) is 2.29. The summed E-state index contributed by atoms with van der Waals surface area (Å²) < 4.78 is 0. The standard InChI is InChI=1S/C11H11ClN2O/c1-8-5-9(7-10(12)6-8)11(15)14-4-2-3-13/h5-7H,2,4H2,1H3,(H,14,15). The van der Waals surface area contributed by atoms with E-state index in [1.54, 1.807) is 18.2 Å². The molecule has 1 aromatic rings. The summed E-state index contributed by atoms with van der Waals surface area (Å²) in [6, 6.07) is 7.11. The molecule has 0 saturated carbocycles. The molecule has 1 N–H and O–H groups in total. The van der Waals surface area contributed by atoms with Gasteiger partial charge in [-0.1, -0.05) is 11.6 Å². The van der Waals surface area contributed by atoms with Crippen LogP contribution < -0.4 is 5.32 Å². The van der Waals surface area contributed by atoms with Gasteiger partial charge < -0.3 is 5.32 Å². The van der Waals surface area contributed by atoms with Crippen LogP contribution in [-0.2, 0) is 0 Å². The fourth-order valence-electron chi connectivity index (χ4n) is 1.20. The number of aryl methyl sites for hydroxylation is 1. The summed E-state index contributed by atoms with van der Waals surface area (Å²) in [7, 11) is 0. The average molecular weight is 223 g/mol. The molecule has 0 saturated heterocycles. The van der Waals surface area contributed by atoms with Crippen molar-refractivity contribution >= 4 is 17.5 Å². The largest absolute Gasteiger partial charge is 0.351 e. The number of hydrogen-bond acceptors (Lipinski definition) is 2. The number of hydrogen-bond donors (Lipinski definition) is 1. The van der Waals surface area contributed by atoms with Crippen molar-refractivity contribution in [1.29, 1.82) is 5.26 Å². The molecule has 15 heavy (non-hydrogen) atoms. The zero-order chi connectivity index (χ0) is 11.3. The molecule has 0 heterocycles. The van der Waals surface area contributed by atoms with E-state index in [4.69, 9.17) is 16.9 Å². The molecule has 0 radical (unpaired) electrons. The van der Waals surface area contributed by atoms with Crippen LogP contribution in [0.3, 0.4) is 0 Å². The van der Waals surface area contributed by atoms with Gasteiger partial charge in [-0.25, -0.2) is 0 Å². The molecular weight excluding hydrogens is 212 g/mol. The number of halogens is 1. The van der Waals surface area contributed by atoms with Crippen molar-refractivity contribution in [3.8, 4) is 6.07 Å². The molecule has 0 fully saturated rings. The fourth-order valence-corrected chi connectivity index (χ4v) is 1.49. The monoisotopic (exact) mass is 222 g/mol. The number of amides is 1. The van der Waals surface area contributed by atoms with Gasteiger partial charge in [0.2, 0.25) is 0 Å². The molecule has 0 aliphatic rings. The van der Waals surface area contributed by atoms with Crippen LogP contribution in [0.15, 0.2) is 18.2 Å². The van der Waals surface area contributed by atoms with Gasteiger partial charge in [0.05, 0.1) is 12.5 Å². The Balaban J connectivity index is 2.70. The number of nitrogens with zero attached hydrogens (tertiary/aromatic N) is 1. The lowest BCUT2D eigenvalue weighted by Crippen LogP contribution is -2.24. The summed E-state index contributed by atoms with van der Waals surface area (Å²) in [4.78, 5) is 11.5. The Morgan fingerprint density at radius 3 is 2.87 bits per heavy atom. The third-order valence-corrected chi connectivity index (χ3v) is 2.04. The zero-order valence-electron chi connectivity index (χ0n) is 8.38. The molecule has 0 aliphatic carbocycles. The van der Waals surface area contributed by atoms with Crippen LogP contribution in [0.2, 0.25) is 5.02 Å². The number of benzene rings is 1. The van der Waals surface area contributed by atoms with Gasteiger partial charge in [0.1, 0.15) is 0 Å². The summed E-state index contributed by atoms with van der Waals surface area (Å²) >= 11 is 5.82. The van der Waals surface area contributed by atoms with Crippen LogP contribution >= 0.6 is 11.6 Å². The highest BCUT2D eigenvalue weighted by molar-refractivity contribution is 6.31. The maximum Gasteiger partial charge on any atom is 0.251 e. The van der Waals surface area contributed by atoms with E-state index in [-0.39, 0.29) is 5.91 Å². The van der Waals surface area contributed by atoms with E-state index in [0.717, 1.165) is 5.56 Å². The number of carbonyl (C=O) groups is 1. The van der Waals surface area contributed by atoms with Gasteiger partial charge >= 0.3 is 0 Å². The number of rotatable bonds is 3. The molecule has 4 heteroatoms. The molecule has 1 aromatic carbocycles. The van der Waals surface area contributed by atoms with E-state index in [2.05, 4.69) is 5.32 Å². The first-order chi connectivity index (χ1) is 7.13. The molecule has 1 rings (SSSR count). The van der Waals surface area contributed by atoms with Crippen LogP contribution in [0.1, 0.15) is 22.3 Å². The van der Waals surface area contributed by atoms with Crippen molar-refractivity contribution < 1.29 is 4.79 Å². The predicted molar refractivity (Wildman–Crippen MR) is 58.8 cm³/mol. The van der Waals surface area contributed by atoms with Crippen LogP contribution in [0.25, 0.3) is 0 Å². The highest BCUT2D eigenvalue weighted by Crippen LogP contribution is 2.14. The first-order valence-electron chi connectivity index (χ1n) is 4.56. The van der Waals surface area contributed by atoms with E-state index in [9.17, 15) is 4.79 Å². The van der Waals surface area contributed by atoms with E-state index < -0.39 is 0 Å². The Morgan fingerprint density at radius 1 is 1.53 bits per heavy atom. The van der Waals surface area contributed by atoms with E-state index in [1.807, 2.05) is 13.0 Å². The van der Waals surface area contributed by atoms with Gasteiger partial charge in [-0.2, -0.15) is 5.26 Å². The summed E-state index contributed by atoms with van der Waals surface area (Å²) in [5.41, 5.74) is 1.46. The van der Waals surface area contributed by atoms with Gasteiger partial charge in [0.25, 0.3) is 5.91 Å².